The molecule has 0 aromatic carbocycles. The van der Waals surface area contributed by atoms with Gasteiger partial charge in [-0.25, -0.2) is 9.97 Å². The number of anilines is 4. The van der Waals surface area contributed by atoms with E-state index in [1.165, 1.54) is 0 Å². The highest BCUT2D eigenvalue weighted by Crippen LogP contribution is 2.26. The average molecular weight is 339 g/mol. The molecule has 9 nitrogen and oxygen atoms in total. The zero-order valence-corrected chi connectivity index (χ0v) is 13.7. The third-order valence-corrected chi connectivity index (χ3v) is 2.75. The molecule has 0 spiro atoms. The number of fused-ring (bicyclic) bond motifs is 1. The van der Waals surface area contributed by atoms with E-state index in [9.17, 15) is 0 Å². The summed E-state index contributed by atoms with van der Waals surface area (Å²) in [4.78, 5) is 17.4. The van der Waals surface area contributed by atoms with E-state index in [-0.39, 0.29) is 19.0 Å². The molecule has 0 aliphatic rings. The summed E-state index contributed by atoms with van der Waals surface area (Å²) in [5.74, 6) is 4.35. The molecule has 2 aromatic rings. The van der Waals surface area contributed by atoms with E-state index in [1.807, 2.05) is 0 Å². The summed E-state index contributed by atoms with van der Waals surface area (Å²) in [6, 6.07) is 0. The van der Waals surface area contributed by atoms with Gasteiger partial charge in [0.1, 0.15) is 11.0 Å². The molecule has 0 saturated heterocycles. The molecule has 2 aromatic heterocycles. The number of rotatable bonds is 7. The van der Waals surface area contributed by atoms with Crippen LogP contribution in [0.3, 0.4) is 0 Å². The van der Waals surface area contributed by atoms with Gasteiger partial charge in [-0.2, -0.15) is 9.97 Å². The van der Waals surface area contributed by atoms with Gasteiger partial charge < -0.3 is 26.4 Å². The molecular formula is C13H19ClN8O. The second kappa shape index (κ2) is 8.77. The van der Waals surface area contributed by atoms with Crippen molar-refractivity contribution in [2.75, 3.05) is 55.1 Å². The number of aliphatic hydroxyl groups is 1. The first-order valence-corrected chi connectivity index (χ1v) is 6.70. The number of nitrogens with zero attached hydrogens (tertiary/aromatic N) is 4. The standard InChI is InChI=1S/C13H18N8O.ClH/c1-4-5-16-10-8-9(19-12(14-2)20-10)11(17-6-7-22)21-13(15-3)18-8;/h1,22H,5-7H2,2-3H3,(H2,14,16,19,20)(H2,15,17,18,21);1H. The molecule has 0 atom stereocenters. The molecule has 23 heavy (non-hydrogen) atoms. The Morgan fingerprint density at radius 1 is 0.957 bits per heavy atom. The summed E-state index contributed by atoms with van der Waals surface area (Å²) in [6.07, 6.45) is 5.29. The van der Waals surface area contributed by atoms with Crippen molar-refractivity contribution in [3.8, 4) is 12.3 Å². The van der Waals surface area contributed by atoms with Crippen molar-refractivity contribution < 1.29 is 5.11 Å². The fourth-order valence-corrected chi connectivity index (χ4v) is 1.79. The Morgan fingerprint density at radius 2 is 1.48 bits per heavy atom. The average Bonchev–Trinajstić information content (AvgIpc) is 2.56. The van der Waals surface area contributed by atoms with E-state index in [0.29, 0.717) is 47.7 Å². The summed E-state index contributed by atoms with van der Waals surface area (Å²) in [6.45, 7) is 0.640. The molecule has 124 valence electrons. The van der Waals surface area contributed by atoms with Crippen LogP contribution in [0.1, 0.15) is 0 Å². The highest BCUT2D eigenvalue weighted by Gasteiger charge is 2.15. The maximum Gasteiger partial charge on any atom is 0.225 e. The highest BCUT2D eigenvalue weighted by atomic mass is 35.5. The molecular weight excluding hydrogens is 320 g/mol. The van der Waals surface area contributed by atoms with E-state index in [1.54, 1.807) is 14.1 Å². The van der Waals surface area contributed by atoms with Crippen molar-refractivity contribution in [3.63, 3.8) is 0 Å². The third-order valence-electron chi connectivity index (χ3n) is 2.75. The van der Waals surface area contributed by atoms with Gasteiger partial charge in [0, 0.05) is 20.6 Å². The van der Waals surface area contributed by atoms with Crippen LogP contribution >= 0.6 is 12.4 Å². The van der Waals surface area contributed by atoms with Gasteiger partial charge in [0.15, 0.2) is 11.6 Å². The van der Waals surface area contributed by atoms with Gasteiger partial charge in [-0.15, -0.1) is 18.8 Å². The van der Waals surface area contributed by atoms with Crippen LogP contribution < -0.4 is 21.3 Å². The SMILES string of the molecule is C#CCNc1nc(NC)nc2c(NCCO)nc(NC)nc12.Cl. The third kappa shape index (κ3) is 4.21. The van der Waals surface area contributed by atoms with Crippen molar-refractivity contribution >= 4 is 47.0 Å². The maximum absolute atomic E-state index is 9.00. The Bertz CT molecular complexity index is 702. The van der Waals surface area contributed by atoms with Gasteiger partial charge in [0.05, 0.1) is 13.2 Å². The number of hydrogen-bond donors (Lipinski definition) is 5. The molecule has 0 unspecified atom stereocenters. The fourth-order valence-electron chi connectivity index (χ4n) is 1.79. The van der Waals surface area contributed by atoms with E-state index in [4.69, 9.17) is 11.5 Å². The molecule has 0 amide bonds. The quantitative estimate of drug-likeness (QED) is 0.456. The normalized spacial score (nSPS) is 9.65. The highest BCUT2D eigenvalue weighted by molar-refractivity contribution is 5.94. The number of terminal acetylenes is 1. The molecule has 10 heteroatoms. The first-order valence-electron chi connectivity index (χ1n) is 6.70. The molecule has 0 saturated carbocycles. The van der Waals surface area contributed by atoms with Crippen LogP contribution in [0, 0.1) is 12.3 Å². The minimum atomic E-state index is -0.0213. The predicted molar refractivity (Wildman–Crippen MR) is 94.4 cm³/mol. The largest absolute Gasteiger partial charge is 0.395 e. The minimum absolute atomic E-state index is 0. The Hall–Kier alpha value is -2.57. The predicted octanol–water partition coefficient (Wildman–Crippen LogP) is 0.374. The van der Waals surface area contributed by atoms with Gasteiger partial charge in [-0.3, -0.25) is 0 Å². The van der Waals surface area contributed by atoms with Crippen LogP contribution in [0.15, 0.2) is 0 Å². The second-order valence-corrected chi connectivity index (χ2v) is 4.20. The van der Waals surface area contributed by atoms with Crippen LogP contribution in [0.5, 0.6) is 0 Å². The summed E-state index contributed by atoms with van der Waals surface area (Å²) < 4.78 is 0. The lowest BCUT2D eigenvalue weighted by atomic mass is 10.3. The molecule has 0 bridgehead atoms. The van der Waals surface area contributed by atoms with Crippen molar-refractivity contribution in [2.45, 2.75) is 0 Å². The molecule has 0 aliphatic carbocycles. The smallest absolute Gasteiger partial charge is 0.225 e. The van der Waals surface area contributed by atoms with Crippen LogP contribution in [0.2, 0.25) is 0 Å². The summed E-state index contributed by atoms with van der Waals surface area (Å²) in [5, 5.41) is 20.8. The van der Waals surface area contributed by atoms with E-state index < -0.39 is 0 Å². The number of nitrogens with one attached hydrogen (secondary N) is 4. The van der Waals surface area contributed by atoms with Gasteiger partial charge in [0.25, 0.3) is 0 Å². The molecule has 0 fully saturated rings. The van der Waals surface area contributed by atoms with Crippen LogP contribution in [-0.2, 0) is 0 Å². The number of aliphatic hydroxyl groups excluding tert-OH is 1. The summed E-state index contributed by atoms with van der Waals surface area (Å²) >= 11 is 0. The Morgan fingerprint density at radius 3 is 1.91 bits per heavy atom. The van der Waals surface area contributed by atoms with Crippen molar-refractivity contribution in [1.29, 1.82) is 0 Å². The minimum Gasteiger partial charge on any atom is -0.395 e. The zero-order valence-electron chi connectivity index (χ0n) is 12.8. The van der Waals surface area contributed by atoms with E-state index in [0.717, 1.165) is 0 Å². The Balaban J connectivity index is 0.00000264. The van der Waals surface area contributed by atoms with Gasteiger partial charge in [-0.05, 0) is 0 Å². The monoisotopic (exact) mass is 338 g/mol. The fraction of sp³-hybridized carbons (Fsp3) is 0.385. The van der Waals surface area contributed by atoms with Gasteiger partial charge in [0.2, 0.25) is 11.9 Å². The van der Waals surface area contributed by atoms with Crippen LogP contribution in [0.4, 0.5) is 23.5 Å². The Labute approximate surface area is 140 Å². The number of hydrogen-bond acceptors (Lipinski definition) is 9. The number of aromatic nitrogens is 4. The molecule has 2 rings (SSSR count). The second-order valence-electron chi connectivity index (χ2n) is 4.20. The van der Waals surface area contributed by atoms with Crippen molar-refractivity contribution in [2.24, 2.45) is 0 Å². The summed E-state index contributed by atoms with van der Waals surface area (Å²) in [5.41, 5.74) is 1.07. The maximum atomic E-state index is 9.00. The molecule has 5 N–H and O–H groups in total. The molecule has 0 aliphatic heterocycles. The lowest BCUT2D eigenvalue weighted by Gasteiger charge is -2.13. The van der Waals surface area contributed by atoms with Gasteiger partial charge >= 0.3 is 0 Å². The van der Waals surface area contributed by atoms with Crippen molar-refractivity contribution in [3.05, 3.63) is 0 Å². The lowest BCUT2D eigenvalue weighted by molar-refractivity contribution is 0.311. The first-order chi connectivity index (χ1) is 10.7. The van der Waals surface area contributed by atoms with E-state index >= 15 is 0 Å². The van der Waals surface area contributed by atoms with Gasteiger partial charge in [-0.1, -0.05) is 5.92 Å². The molecule has 2 heterocycles. The Kier molecular flexibility index (Phi) is 7.05. The lowest BCUT2D eigenvalue weighted by Crippen LogP contribution is -2.12. The topological polar surface area (TPSA) is 120 Å². The van der Waals surface area contributed by atoms with Crippen LogP contribution in [-0.4, -0.2) is 58.8 Å². The van der Waals surface area contributed by atoms with Crippen LogP contribution in [0.25, 0.3) is 11.0 Å². The number of halogens is 1. The van der Waals surface area contributed by atoms with Crippen molar-refractivity contribution in [1.82, 2.24) is 19.9 Å². The summed E-state index contributed by atoms with van der Waals surface area (Å²) in [7, 11) is 3.43. The van der Waals surface area contributed by atoms with E-state index in [2.05, 4.69) is 47.1 Å². The zero-order chi connectivity index (χ0) is 15.9. The first kappa shape index (κ1) is 18.5. The molecule has 0 radical (unpaired) electrons.